The first-order chi connectivity index (χ1) is 9.90. The quantitative estimate of drug-likeness (QED) is 0.725. The Morgan fingerprint density at radius 3 is 2.52 bits per heavy atom. The molecule has 0 spiro atoms. The molecule has 1 unspecified atom stereocenters. The van der Waals surface area contributed by atoms with E-state index in [1.165, 1.54) is 0 Å². The monoisotopic (exact) mass is 294 g/mol. The second-order valence-corrected chi connectivity index (χ2v) is 4.49. The number of nitrogens with one attached hydrogen (secondary N) is 2. The van der Waals surface area contributed by atoms with Crippen LogP contribution >= 0.6 is 0 Å². The molecular formula is C14H18N2O5. The molecular weight excluding hydrogens is 276 g/mol. The Labute approximate surface area is 122 Å². The molecule has 0 saturated heterocycles. The molecule has 0 saturated carbocycles. The zero-order chi connectivity index (χ0) is 15.8. The molecule has 7 nitrogen and oxygen atoms in total. The fraction of sp³-hybridized carbons (Fsp3) is 0.357. The molecule has 1 aromatic carbocycles. The lowest BCUT2D eigenvalue weighted by Crippen LogP contribution is -2.42. The third kappa shape index (κ3) is 6.05. The van der Waals surface area contributed by atoms with Crippen molar-refractivity contribution in [1.82, 2.24) is 10.6 Å². The predicted molar refractivity (Wildman–Crippen MR) is 74.7 cm³/mol. The molecule has 0 heterocycles. The van der Waals surface area contributed by atoms with Crippen LogP contribution in [0.5, 0.6) is 0 Å². The lowest BCUT2D eigenvalue weighted by atomic mass is 10.0. The number of imide groups is 1. The fourth-order valence-corrected chi connectivity index (χ4v) is 1.78. The third-order valence-corrected chi connectivity index (χ3v) is 2.71. The summed E-state index contributed by atoms with van der Waals surface area (Å²) in [7, 11) is 0. The van der Waals surface area contributed by atoms with Gasteiger partial charge in [0, 0.05) is 0 Å². The van der Waals surface area contributed by atoms with Gasteiger partial charge < -0.3 is 15.2 Å². The van der Waals surface area contributed by atoms with Gasteiger partial charge in [0.25, 0.3) is 5.91 Å². The highest BCUT2D eigenvalue weighted by Gasteiger charge is 2.13. The van der Waals surface area contributed by atoms with Crippen molar-refractivity contribution in [2.75, 3.05) is 13.2 Å². The topological polar surface area (TPSA) is 105 Å². The maximum atomic E-state index is 11.6. The molecule has 3 N–H and O–H groups in total. The minimum absolute atomic E-state index is 0.265. The van der Waals surface area contributed by atoms with Crippen LogP contribution in [0.2, 0.25) is 0 Å². The van der Waals surface area contributed by atoms with Crippen LogP contribution in [0, 0.1) is 6.92 Å². The summed E-state index contributed by atoms with van der Waals surface area (Å²) in [6.45, 7) is 2.65. The first-order valence-electron chi connectivity index (χ1n) is 6.35. The van der Waals surface area contributed by atoms with Crippen LogP contribution in [-0.2, 0) is 14.3 Å². The van der Waals surface area contributed by atoms with Crippen molar-refractivity contribution < 1.29 is 24.2 Å². The summed E-state index contributed by atoms with van der Waals surface area (Å²) in [6.07, 6.45) is 0. The summed E-state index contributed by atoms with van der Waals surface area (Å²) in [6, 6.07) is 6.65. The van der Waals surface area contributed by atoms with E-state index >= 15 is 0 Å². The zero-order valence-electron chi connectivity index (χ0n) is 11.9. The molecule has 0 aliphatic carbocycles. The van der Waals surface area contributed by atoms with Crippen molar-refractivity contribution >= 4 is 17.9 Å². The van der Waals surface area contributed by atoms with Gasteiger partial charge in [-0.05, 0) is 25.0 Å². The van der Waals surface area contributed by atoms with E-state index in [0.717, 1.165) is 11.1 Å². The largest absolute Gasteiger partial charge is 0.480 e. The molecule has 1 atom stereocenters. The second-order valence-electron chi connectivity index (χ2n) is 4.49. The highest BCUT2D eigenvalue weighted by molar-refractivity contribution is 5.95. The highest BCUT2D eigenvalue weighted by atomic mass is 16.5. The molecule has 0 radical (unpaired) electrons. The summed E-state index contributed by atoms with van der Waals surface area (Å²) < 4.78 is 4.57. The maximum absolute atomic E-state index is 11.6. The maximum Gasteiger partial charge on any atom is 0.329 e. The average molecular weight is 294 g/mol. The van der Waals surface area contributed by atoms with Crippen LogP contribution in [0.15, 0.2) is 24.3 Å². The van der Waals surface area contributed by atoms with Crippen LogP contribution < -0.4 is 10.6 Å². The number of benzene rings is 1. The Morgan fingerprint density at radius 1 is 1.24 bits per heavy atom. The Hall–Kier alpha value is -2.41. The van der Waals surface area contributed by atoms with Gasteiger partial charge in [-0.1, -0.05) is 24.3 Å². The summed E-state index contributed by atoms with van der Waals surface area (Å²) in [5.74, 6) is -1.88. The number of urea groups is 1. The molecule has 0 aliphatic heterocycles. The first kappa shape index (κ1) is 16.6. The number of ether oxygens (including phenoxy) is 1. The van der Waals surface area contributed by atoms with Crippen molar-refractivity contribution in [2.45, 2.75) is 19.9 Å². The van der Waals surface area contributed by atoms with Crippen molar-refractivity contribution in [3.8, 4) is 0 Å². The van der Waals surface area contributed by atoms with Gasteiger partial charge in [0.15, 0.2) is 0 Å². The van der Waals surface area contributed by atoms with E-state index < -0.39 is 31.1 Å². The average Bonchev–Trinajstić information content (AvgIpc) is 2.38. The minimum atomic E-state index is -1.18. The van der Waals surface area contributed by atoms with E-state index in [1.807, 2.05) is 31.2 Å². The normalized spacial score (nSPS) is 11.5. The van der Waals surface area contributed by atoms with Gasteiger partial charge in [0.2, 0.25) is 0 Å². The van der Waals surface area contributed by atoms with Crippen LogP contribution in [-0.4, -0.2) is 36.2 Å². The standard InChI is InChI=1S/C14H18N2O5/c1-9-5-3-4-6-11(9)10(2)15-14(20)16-12(17)7-21-8-13(18)19/h3-6,10H,7-8H2,1-2H3,(H,18,19)(H2,15,16,17,20). The lowest BCUT2D eigenvalue weighted by molar-refractivity contribution is -0.143. The number of carboxylic acid groups (broad SMARTS) is 1. The van der Waals surface area contributed by atoms with E-state index in [1.54, 1.807) is 6.92 Å². The highest BCUT2D eigenvalue weighted by Crippen LogP contribution is 2.16. The summed E-state index contributed by atoms with van der Waals surface area (Å²) in [5.41, 5.74) is 1.98. The number of carbonyl (C=O) groups excluding carboxylic acids is 2. The van der Waals surface area contributed by atoms with Crippen molar-refractivity contribution in [1.29, 1.82) is 0 Å². The number of hydrogen-bond donors (Lipinski definition) is 3. The number of carbonyl (C=O) groups is 3. The number of hydrogen-bond acceptors (Lipinski definition) is 4. The Kier molecular flexibility index (Phi) is 6.35. The van der Waals surface area contributed by atoms with E-state index in [4.69, 9.17) is 5.11 Å². The Balaban J connectivity index is 2.41. The molecule has 1 rings (SSSR count). The molecule has 0 bridgehead atoms. The van der Waals surface area contributed by atoms with E-state index in [9.17, 15) is 14.4 Å². The summed E-state index contributed by atoms with van der Waals surface area (Å²) in [5, 5.41) is 13.0. The third-order valence-electron chi connectivity index (χ3n) is 2.71. The fourth-order valence-electron chi connectivity index (χ4n) is 1.78. The minimum Gasteiger partial charge on any atom is -0.480 e. The second kappa shape index (κ2) is 8.01. The van der Waals surface area contributed by atoms with Crippen molar-refractivity contribution in [3.05, 3.63) is 35.4 Å². The van der Waals surface area contributed by atoms with Crippen LogP contribution in [0.3, 0.4) is 0 Å². The number of amides is 3. The van der Waals surface area contributed by atoms with Crippen molar-refractivity contribution in [2.24, 2.45) is 0 Å². The summed E-state index contributed by atoms with van der Waals surface area (Å²) in [4.78, 5) is 33.2. The van der Waals surface area contributed by atoms with Crippen molar-refractivity contribution in [3.63, 3.8) is 0 Å². The first-order valence-corrected chi connectivity index (χ1v) is 6.35. The van der Waals surface area contributed by atoms with Crippen LogP contribution in [0.25, 0.3) is 0 Å². The van der Waals surface area contributed by atoms with E-state index in [2.05, 4.69) is 15.4 Å². The van der Waals surface area contributed by atoms with Gasteiger partial charge in [-0.15, -0.1) is 0 Å². The summed E-state index contributed by atoms with van der Waals surface area (Å²) >= 11 is 0. The molecule has 114 valence electrons. The predicted octanol–water partition coefficient (Wildman–Crippen LogP) is 0.983. The molecule has 1 aromatic rings. The molecule has 7 heteroatoms. The van der Waals surface area contributed by atoms with Crippen LogP contribution in [0.1, 0.15) is 24.1 Å². The number of rotatable bonds is 6. The molecule has 3 amide bonds. The van der Waals surface area contributed by atoms with Crippen LogP contribution in [0.4, 0.5) is 4.79 Å². The molecule has 0 aliphatic rings. The SMILES string of the molecule is Cc1ccccc1C(C)NC(=O)NC(=O)COCC(=O)O. The van der Waals surface area contributed by atoms with Gasteiger partial charge in [-0.25, -0.2) is 9.59 Å². The smallest absolute Gasteiger partial charge is 0.329 e. The van der Waals surface area contributed by atoms with Gasteiger partial charge in [-0.2, -0.15) is 0 Å². The van der Waals surface area contributed by atoms with E-state index in [-0.39, 0.29) is 6.04 Å². The molecule has 0 aromatic heterocycles. The molecule has 0 fully saturated rings. The number of carboxylic acids is 1. The van der Waals surface area contributed by atoms with Gasteiger partial charge in [0.1, 0.15) is 13.2 Å². The van der Waals surface area contributed by atoms with Gasteiger partial charge in [-0.3, -0.25) is 10.1 Å². The molecule has 21 heavy (non-hydrogen) atoms. The Bertz CT molecular complexity index is 530. The lowest BCUT2D eigenvalue weighted by Gasteiger charge is -2.16. The zero-order valence-corrected chi connectivity index (χ0v) is 11.9. The van der Waals surface area contributed by atoms with E-state index in [0.29, 0.717) is 0 Å². The van der Waals surface area contributed by atoms with Gasteiger partial charge >= 0.3 is 12.0 Å². The number of aryl methyl sites for hydroxylation is 1. The Morgan fingerprint density at radius 2 is 1.90 bits per heavy atom. The van der Waals surface area contributed by atoms with Gasteiger partial charge in [0.05, 0.1) is 6.04 Å². The number of aliphatic carboxylic acids is 1.